The number of allylic oxidation sites excluding steroid dienone is 2. The Morgan fingerprint density at radius 3 is 2.76 bits per heavy atom. The number of rotatable bonds is 4. The molecule has 2 N–H and O–H groups in total. The van der Waals surface area contributed by atoms with Crippen molar-refractivity contribution in [3.05, 3.63) is 54.1 Å². The van der Waals surface area contributed by atoms with E-state index < -0.39 is 0 Å². The maximum absolute atomic E-state index is 5.27. The SMILES string of the molecule is S=C(N/N=C\C=C\c1ccccc1)N[C@@H]1C[C@@H]2C=C[C@H]1C2. The predicted octanol–water partition coefficient (Wildman–Crippen LogP) is 3.11. The van der Waals surface area contributed by atoms with Crippen molar-refractivity contribution in [1.29, 1.82) is 0 Å². The summed E-state index contributed by atoms with van der Waals surface area (Å²) >= 11 is 5.27. The lowest BCUT2D eigenvalue weighted by Gasteiger charge is -2.20. The van der Waals surface area contributed by atoms with Crippen LogP contribution in [-0.2, 0) is 0 Å². The zero-order valence-corrected chi connectivity index (χ0v) is 12.6. The van der Waals surface area contributed by atoms with E-state index in [-0.39, 0.29) is 0 Å². The second-order valence-electron chi connectivity index (χ2n) is 5.52. The molecular formula is C17H19N3S. The molecule has 1 saturated carbocycles. The van der Waals surface area contributed by atoms with E-state index >= 15 is 0 Å². The highest BCUT2D eigenvalue weighted by Crippen LogP contribution is 2.38. The van der Waals surface area contributed by atoms with Gasteiger partial charge in [0.05, 0.1) is 0 Å². The van der Waals surface area contributed by atoms with Crippen molar-refractivity contribution in [3.63, 3.8) is 0 Å². The van der Waals surface area contributed by atoms with Crippen molar-refractivity contribution in [1.82, 2.24) is 10.7 Å². The van der Waals surface area contributed by atoms with Gasteiger partial charge in [-0.15, -0.1) is 0 Å². The Hall–Kier alpha value is -1.94. The van der Waals surface area contributed by atoms with Crippen LogP contribution in [0.1, 0.15) is 18.4 Å². The molecule has 0 radical (unpaired) electrons. The van der Waals surface area contributed by atoms with Crippen molar-refractivity contribution in [2.45, 2.75) is 18.9 Å². The molecule has 21 heavy (non-hydrogen) atoms. The molecule has 3 nitrogen and oxygen atoms in total. The summed E-state index contributed by atoms with van der Waals surface area (Å²) in [5.41, 5.74) is 4.02. The second-order valence-corrected chi connectivity index (χ2v) is 5.93. The third-order valence-corrected chi connectivity index (χ3v) is 4.22. The topological polar surface area (TPSA) is 36.4 Å². The van der Waals surface area contributed by atoms with Crippen molar-refractivity contribution >= 4 is 29.6 Å². The Labute approximate surface area is 130 Å². The predicted molar refractivity (Wildman–Crippen MR) is 92.0 cm³/mol. The van der Waals surface area contributed by atoms with Crippen LogP contribution in [-0.4, -0.2) is 17.4 Å². The van der Waals surface area contributed by atoms with Gasteiger partial charge in [-0.3, -0.25) is 5.43 Å². The third kappa shape index (κ3) is 3.79. The molecule has 1 aromatic carbocycles. The van der Waals surface area contributed by atoms with E-state index in [0.717, 1.165) is 11.5 Å². The molecule has 0 unspecified atom stereocenters. The van der Waals surface area contributed by atoms with Crippen LogP contribution in [0.4, 0.5) is 0 Å². The number of fused-ring (bicyclic) bond motifs is 2. The van der Waals surface area contributed by atoms with E-state index in [1.54, 1.807) is 6.21 Å². The van der Waals surface area contributed by atoms with Crippen molar-refractivity contribution in [3.8, 4) is 0 Å². The average Bonchev–Trinajstić information content (AvgIpc) is 3.10. The molecule has 3 rings (SSSR count). The molecule has 0 saturated heterocycles. The van der Waals surface area contributed by atoms with Gasteiger partial charge in [-0.2, -0.15) is 5.10 Å². The molecule has 0 spiro atoms. The van der Waals surface area contributed by atoms with E-state index in [4.69, 9.17) is 12.2 Å². The first kappa shape index (κ1) is 14.0. The van der Waals surface area contributed by atoms with Gasteiger partial charge in [-0.1, -0.05) is 48.6 Å². The van der Waals surface area contributed by atoms with Gasteiger partial charge in [-0.25, -0.2) is 0 Å². The highest BCUT2D eigenvalue weighted by molar-refractivity contribution is 7.80. The molecular weight excluding hydrogens is 278 g/mol. The fourth-order valence-electron chi connectivity index (χ4n) is 3.00. The van der Waals surface area contributed by atoms with Gasteiger partial charge in [0, 0.05) is 12.3 Å². The molecule has 0 aromatic heterocycles. The van der Waals surface area contributed by atoms with Crippen LogP contribution in [0.5, 0.6) is 0 Å². The van der Waals surface area contributed by atoms with Crippen LogP contribution in [0.15, 0.2) is 53.7 Å². The van der Waals surface area contributed by atoms with Gasteiger partial charge in [0.1, 0.15) is 0 Å². The lowest BCUT2D eigenvalue weighted by atomic mass is 10.0. The van der Waals surface area contributed by atoms with Gasteiger partial charge in [0.25, 0.3) is 0 Å². The minimum atomic E-state index is 0.468. The van der Waals surface area contributed by atoms with Crippen LogP contribution in [0.25, 0.3) is 6.08 Å². The number of nitrogens with one attached hydrogen (secondary N) is 2. The first-order valence-electron chi connectivity index (χ1n) is 7.31. The lowest BCUT2D eigenvalue weighted by molar-refractivity contribution is 0.521. The number of hydrogen-bond donors (Lipinski definition) is 2. The number of hydrogen-bond acceptors (Lipinski definition) is 2. The second kappa shape index (κ2) is 6.68. The van der Waals surface area contributed by atoms with Crippen LogP contribution in [0, 0.1) is 11.8 Å². The molecule has 2 bridgehead atoms. The lowest BCUT2D eigenvalue weighted by Crippen LogP contribution is -2.41. The van der Waals surface area contributed by atoms with Gasteiger partial charge >= 0.3 is 0 Å². The fourth-order valence-corrected chi connectivity index (χ4v) is 3.21. The van der Waals surface area contributed by atoms with Crippen LogP contribution >= 0.6 is 12.2 Å². The summed E-state index contributed by atoms with van der Waals surface area (Å²) in [5.74, 6) is 1.38. The zero-order valence-electron chi connectivity index (χ0n) is 11.8. The Morgan fingerprint density at radius 2 is 2.05 bits per heavy atom. The third-order valence-electron chi connectivity index (χ3n) is 4.01. The zero-order chi connectivity index (χ0) is 14.5. The molecule has 4 heteroatoms. The highest BCUT2D eigenvalue weighted by atomic mass is 32.1. The summed E-state index contributed by atoms with van der Waals surface area (Å²) in [5, 5.41) is 8.06. The molecule has 2 aliphatic carbocycles. The van der Waals surface area contributed by atoms with Gasteiger partial charge in [0.2, 0.25) is 0 Å². The quantitative estimate of drug-likeness (QED) is 0.388. The van der Waals surface area contributed by atoms with Crippen molar-refractivity contribution in [2.75, 3.05) is 0 Å². The number of nitrogens with zero attached hydrogens (tertiary/aromatic N) is 1. The minimum Gasteiger partial charge on any atom is -0.358 e. The molecule has 1 aromatic rings. The molecule has 0 aliphatic heterocycles. The van der Waals surface area contributed by atoms with E-state index in [0.29, 0.717) is 17.1 Å². The van der Waals surface area contributed by atoms with E-state index in [2.05, 4.69) is 28.0 Å². The Kier molecular flexibility index (Phi) is 4.46. The van der Waals surface area contributed by atoms with Crippen LogP contribution < -0.4 is 10.7 Å². The van der Waals surface area contributed by atoms with E-state index in [1.807, 2.05) is 42.5 Å². The highest BCUT2D eigenvalue weighted by Gasteiger charge is 2.35. The normalized spacial score (nSPS) is 26.8. The van der Waals surface area contributed by atoms with Crippen LogP contribution in [0.2, 0.25) is 0 Å². The summed E-state index contributed by atoms with van der Waals surface area (Å²) in [4.78, 5) is 0. The molecule has 3 atom stereocenters. The Morgan fingerprint density at radius 1 is 1.19 bits per heavy atom. The first-order chi connectivity index (χ1) is 10.3. The maximum Gasteiger partial charge on any atom is 0.187 e. The summed E-state index contributed by atoms with van der Waals surface area (Å²) in [6, 6.07) is 10.6. The van der Waals surface area contributed by atoms with E-state index in [9.17, 15) is 0 Å². The van der Waals surface area contributed by atoms with E-state index in [1.165, 1.54) is 12.8 Å². The Balaban J connectivity index is 1.40. The largest absolute Gasteiger partial charge is 0.358 e. The van der Waals surface area contributed by atoms with Crippen molar-refractivity contribution in [2.24, 2.45) is 16.9 Å². The van der Waals surface area contributed by atoms with Gasteiger partial charge in [-0.05, 0) is 48.5 Å². The molecule has 0 amide bonds. The average molecular weight is 297 g/mol. The number of thiocarbonyl (C=S) groups is 1. The summed E-state index contributed by atoms with van der Waals surface area (Å²) in [6.45, 7) is 0. The minimum absolute atomic E-state index is 0.468. The standard InChI is InChI=1S/C17H19N3S/c21-17(19-16-12-14-8-9-15(16)11-14)20-18-10-4-7-13-5-2-1-3-6-13/h1-10,14-16H,11-12H2,(H2,19,20,21)/b7-4+,18-10-/t14-,15+,16-/m1/s1. The summed E-state index contributed by atoms with van der Waals surface area (Å²) in [6.07, 6.45) is 12.7. The maximum atomic E-state index is 5.27. The van der Waals surface area contributed by atoms with Crippen LogP contribution in [0.3, 0.4) is 0 Å². The molecule has 108 valence electrons. The van der Waals surface area contributed by atoms with Gasteiger partial charge < -0.3 is 5.32 Å². The molecule has 0 heterocycles. The number of hydrazone groups is 1. The first-order valence-corrected chi connectivity index (χ1v) is 7.72. The summed E-state index contributed by atoms with van der Waals surface area (Å²) < 4.78 is 0. The monoisotopic (exact) mass is 297 g/mol. The van der Waals surface area contributed by atoms with Gasteiger partial charge in [0.15, 0.2) is 5.11 Å². The fraction of sp³-hybridized carbons (Fsp3) is 0.294. The molecule has 2 aliphatic rings. The van der Waals surface area contributed by atoms with Crippen molar-refractivity contribution < 1.29 is 0 Å². The Bertz CT molecular complexity index is 577. The smallest absolute Gasteiger partial charge is 0.187 e. The molecule has 1 fully saturated rings. The summed E-state index contributed by atoms with van der Waals surface area (Å²) in [7, 11) is 0. The number of benzene rings is 1.